The Balaban J connectivity index is 1.70. The number of halogens is 1. The standard InChI is InChI=1S/C25H26ClN5O2S/c1-5-31-23-22(17(3)28-31)27-25(30(24(23)33)14-18-9-11-19(26)12-10-18)34-15-21(32)29(4)20-8-6-7-16(2)13-20/h6-13H,5,14-15H2,1-4H3. The quantitative estimate of drug-likeness (QED) is 0.275. The van der Waals surface area contributed by atoms with E-state index in [1.807, 2.05) is 57.2 Å². The Labute approximate surface area is 207 Å². The molecule has 176 valence electrons. The molecule has 0 aliphatic carbocycles. The summed E-state index contributed by atoms with van der Waals surface area (Å²) < 4.78 is 3.30. The number of aromatic nitrogens is 4. The molecule has 34 heavy (non-hydrogen) atoms. The summed E-state index contributed by atoms with van der Waals surface area (Å²) in [6.07, 6.45) is 0. The first-order chi connectivity index (χ1) is 16.3. The van der Waals surface area contributed by atoms with Crippen LogP contribution in [-0.2, 0) is 17.9 Å². The number of carbonyl (C=O) groups excluding carboxylic acids is 1. The molecule has 0 saturated carbocycles. The number of amides is 1. The highest BCUT2D eigenvalue weighted by atomic mass is 35.5. The molecule has 0 aliphatic rings. The van der Waals surface area contributed by atoms with Gasteiger partial charge in [0.05, 0.1) is 18.0 Å². The Bertz CT molecular complexity index is 1410. The Morgan fingerprint density at radius 3 is 2.56 bits per heavy atom. The largest absolute Gasteiger partial charge is 0.315 e. The maximum Gasteiger partial charge on any atom is 0.280 e. The second kappa shape index (κ2) is 10.0. The molecular weight excluding hydrogens is 470 g/mol. The monoisotopic (exact) mass is 495 g/mol. The maximum absolute atomic E-state index is 13.6. The zero-order valence-corrected chi connectivity index (χ0v) is 21.2. The molecule has 0 saturated heterocycles. The fourth-order valence-electron chi connectivity index (χ4n) is 3.74. The van der Waals surface area contributed by atoms with Crippen LogP contribution < -0.4 is 10.5 Å². The zero-order chi connectivity index (χ0) is 24.4. The van der Waals surface area contributed by atoms with Crippen LogP contribution in [-0.4, -0.2) is 38.0 Å². The first-order valence-electron chi connectivity index (χ1n) is 11.0. The smallest absolute Gasteiger partial charge is 0.280 e. The number of rotatable bonds is 7. The Morgan fingerprint density at radius 2 is 1.88 bits per heavy atom. The third kappa shape index (κ3) is 4.88. The molecule has 1 amide bonds. The lowest BCUT2D eigenvalue weighted by molar-refractivity contribution is -0.115. The van der Waals surface area contributed by atoms with Crippen LogP contribution in [0.1, 0.15) is 23.7 Å². The van der Waals surface area contributed by atoms with E-state index in [1.54, 1.807) is 33.3 Å². The van der Waals surface area contributed by atoms with E-state index in [4.69, 9.17) is 16.6 Å². The number of nitrogens with zero attached hydrogens (tertiary/aromatic N) is 5. The van der Waals surface area contributed by atoms with Crippen LogP contribution in [0.5, 0.6) is 0 Å². The van der Waals surface area contributed by atoms with Gasteiger partial charge in [0.2, 0.25) is 5.91 Å². The third-order valence-electron chi connectivity index (χ3n) is 5.62. The number of carbonyl (C=O) groups is 1. The van der Waals surface area contributed by atoms with Crippen LogP contribution in [0, 0.1) is 13.8 Å². The minimum Gasteiger partial charge on any atom is -0.315 e. The van der Waals surface area contributed by atoms with E-state index in [-0.39, 0.29) is 17.2 Å². The second-order valence-corrected chi connectivity index (χ2v) is 9.47. The molecule has 9 heteroatoms. The molecule has 0 aliphatic heterocycles. The molecule has 2 aromatic heterocycles. The molecule has 0 bridgehead atoms. The van der Waals surface area contributed by atoms with Crippen molar-refractivity contribution in [2.75, 3.05) is 17.7 Å². The van der Waals surface area contributed by atoms with Crippen molar-refractivity contribution in [3.05, 3.63) is 80.7 Å². The molecule has 0 atom stereocenters. The van der Waals surface area contributed by atoms with Gasteiger partial charge in [0, 0.05) is 24.3 Å². The Kier molecular flexibility index (Phi) is 7.09. The summed E-state index contributed by atoms with van der Waals surface area (Å²) in [4.78, 5) is 32.9. The van der Waals surface area contributed by atoms with Gasteiger partial charge in [-0.15, -0.1) is 0 Å². The lowest BCUT2D eigenvalue weighted by Crippen LogP contribution is -2.29. The van der Waals surface area contributed by atoms with Crippen LogP contribution in [0.2, 0.25) is 5.02 Å². The number of fused-ring (bicyclic) bond motifs is 1. The molecule has 4 rings (SSSR count). The molecule has 2 aromatic carbocycles. The van der Waals surface area contributed by atoms with E-state index < -0.39 is 0 Å². The highest BCUT2D eigenvalue weighted by Crippen LogP contribution is 2.23. The molecular formula is C25H26ClN5O2S. The molecule has 0 radical (unpaired) electrons. The molecule has 0 spiro atoms. The normalized spacial score (nSPS) is 11.2. The third-order valence-corrected chi connectivity index (χ3v) is 6.84. The van der Waals surface area contributed by atoms with E-state index in [9.17, 15) is 9.59 Å². The first kappa shape index (κ1) is 24.0. The van der Waals surface area contributed by atoms with Crippen molar-refractivity contribution >= 4 is 46.0 Å². The summed E-state index contributed by atoms with van der Waals surface area (Å²) in [7, 11) is 1.75. The van der Waals surface area contributed by atoms with Crippen molar-refractivity contribution in [3.63, 3.8) is 0 Å². The van der Waals surface area contributed by atoms with Crippen LogP contribution in [0.3, 0.4) is 0 Å². The number of hydrogen-bond acceptors (Lipinski definition) is 5. The van der Waals surface area contributed by atoms with Gasteiger partial charge in [-0.05, 0) is 56.2 Å². The van der Waals surface area contributed by atoms with Crippen molar-refractivity contribution in [2.24, 2.45) is 0 Å². The van der Waals surface area contributed by atoms with Gasteiger partial charge >= 0.3 is 0 Å². The minimum atomic E-state index is -0.176. The summed E-state index contributed by atoms with van der Waals surface area (Å²) in [5.41, 5.74) is 4.38. The van der Waals surface area contributed by atoms with Gasteiger partial charge in [-0.25, -0.2) is 4.98 Å². The lowest BCUT2D eigenvalue weighted by atomic mass is 10.2. The molecule has 0 fully saturated rings. The van der Waals surface area contributed by atoms with Gasteiger partial charge in [0.25, 0.3) is 5.56 Å². The average Bonchev–Trinajstić information content (AvgIpc) is 3.15. The van der Waals surface area contributed by atoms with Crippen LogP contribution in [0.25, 0.3) is 11.0 Å². The van der Waals surface area contributed by atoms with Gasteiger partial charge in [-0.1, -0.05) is 47.6 Å². The van der Waals surface area contributed by atoms with Crippen LogP contribution in [0.15, 0.2) is 58.5 Å². The van der Waals surface area contributed by atoms with Gasteiger partial charge in [0.1, 0.15) is 5.52 Å². The molecule has 0 N–H and O–H groups in total. The fraction of sp³-hybridized carbons (Fsp3) is 0.280. The van der Waals surface area contributed by atoms with Crippen LogP contribution >= 0.6 is 23.4 Å². The highest BCUT2D eigenvalue weighted by molar-refractivity contribution is 7.99. The topological polar surface area (TPSA) is 73.0 Å². The molecule has 0 unspecified atom stereocenters. The van der Waals surface area contributed by atoms with E-state index in [0.717, 1.165) is 16.8 Å². The number of thioether (sulfide) groups is 1. The van der Waals surface area contributed by atoms with Gasteiger partial charge in [-0.2, -0.15) is 5.10 Å². The van der Waals surface area contributed by atoms with E-state index in [1.165, 1.54) is 11.8 Å². The van der Waals surface area contributed by atoms with E-state index >= 15 is 0 Å². The zero-order valence-electron chi connectivity index (χ0n) is 19.6. The number of hydrogen-bond donors (Lipinski definition) is 0. The van der Waals surface area contributed by atoms with Gasteiger partial charge in [0.15, 0.2) is 10.7 Å². The predicted octanol–water partition coefficient (Wildman–Crippen LogP) is 4.69. The number of aryl methyl sites for hydroxylation is 3. The Morgan fingerprint density at radius 1 is 1.15 bits per heavy atom. The summed E-state index contributed by atoms with van der Waals surface area (Å²) >= 11 is 7.29. The SMILES string of the molecule is CCn1nc(C)c2nc(SCC(=O)N(C)c3cccc(C)c3)n(Cc3ccc(Cl)cc3)c(=O)c21. The van der Waals surface area contributed by atoms with Crippen LogP contribution in [0.4, 0.5) is 5.69 Å². The Hall–Kier alpha value is -3.10. The number of anilines is 1. The molecule has 7 nitrogen and oxygen atoms in total. The maximum atomic E-state index is 13.6. The summed E-state index contributed by atoms with van der Waals surface area (Å²) in [6, 6.07) is 15.1. The fourth-order valence-corrected chi connectivity index (χ4v) is 4.77. The second-order valence-electron chi connectivity index (χ2n) is 8.09. The van der Waals surface area contributed by atoms with Crippen molar-refractivity contribution in [1.82, 2.24) is 19.3 Å². The van der Waals surface area contributed by atoms with Crippen molar-refractivity contribution in [3.8, 4) is 0 Å². The van der Waals surface area contributed by atoms with E-state index in [2.05, 4.69) is 5.10 Å². The average molecular weight is 496 g/mol. The summed E-state index contributed by atoms with van der Waals surface area (Å²) in [6.45, 7) is 6.66. The van der Waals surface area contributed by atoms with Crippen molar-refractivity contribution in [1.29, 1.82) is 0 Å². The highest BCUT2D eigenvalue weighted by Gasteiger charge is 2.20. The summed E-state index contributed by atoms with van der Waals surface area (Å²) in [5, 5.41) is 5.59. The molecule has 4 aromatic rings. The molecule has 2 heterocycles. The van der Waals surface area contributed by atoms with Gasteiger partial charge < -0.3 is 4.90 Å². The predicted molar refractivity (Wildman–Crippen MR) is 138 cm³/mol. The van der Waals surface area contributed by atoms with Crippen molar-refractivity contribution in [2.45, 2.75) is 39.0 Å². The minimum absolute atomic E-state index is 0.0797. The lowest BCUT2D eigenvalue weighted by Gasteiger charge is -2.18. The summed E-state index contributed by atoms with van der Waals surface area (Å²) in [5.74, 6) is 0.0632. The van der Waals surface area contributed by atoms with Gasteiger partial charge in [-0.3, -0.25) is 18.8 Å². The first-order valence-corrected chi connectivity index (χ1v) is 12.3. The van der Waals surface area contributed by atoms with E-state index in [0.29, 0.717) is 40.0 Å². The van der Waals surface area contributed by atoms with Crippen molar-refractivity contribution < 1.29 is 4.79 Å². The number of benzene rings is 2.